The van der Waals surface area contributed by atoms with Crippen molar-refractivity contribution in [1.82, 2.24) is 14.8 Å². The van der Waals surface area contributed by atoms with Crippen LogP contribution in [-0.2, 0) is 13.0 Å². The molecule has 0 bridgehead atoms. The van der Waals surface area contributed by atoms with Crippen LogP contribution < -0.4 is 0 Å². The van der Waals surface area contributed by atoms with E-state index in [4.69, 9.17) is 11.6 Å². The number of aromatic nitrogens is 3. The fraction of sp³-hybridized carbons (Fsp3) is 0.529. The van der Waals surface area contributed by atoms with Crippen LogP contribution in [-0.4, -0.2) is 25.5 Å². The van der Waals surface area contributed by atoms with E-state index in [1.54, 1.807) is 11.0 Å². The lowest BCUT2D eigenvalue weighted by Gasteiger charge is -2.40. The first-order valence-electron chi connectivity index (χ1n) is 7.70. The summed E-state index contributed by atoms with van der Waals surface area (Å²) in [4.78, 5) is 3.99. The predicted molar refractivity (Wildman–Crippen MR) is 86.6 cm³/mol. The molecule has 1 fully saturated rings. The number of hydrogen-bond acceptors (Lipinski definition) is 3. The van der Waals surface area contributed by atoms with Crippen molar-refractivity contribution < 1.29 is 5.11 Å². The first kappa shape index (κ1) is 15.5. The van der Waals surface area contributed by atoms with Gasteiger partial charge in [0.25, 0.3) is 0 Å². The van der Waals surface area contributed by atoms with Crippen molar-refractivity contribution in [2.45, 2.75) is 45.3 Å². The van der Waals surface area contributed by atoms with Crippen LogP contribution in [0.3, 0.4) is 0 Å². The number of rotatable bonds is 4. The average molecular weight is 320 g/mol. The molecule has 0 aliphatic heterocycles. The zero-order chi connectivity index (χ0) is 15.8. The van der Waals surface area contributed by atoms with Gasteiger partial charge in [-0.25, -0.2) is 4.98 Å². The number of hydrogen-bond donors (Lipinski definition) is 1. The molecule has 2 aromatic rings. The smallest absolute Gasteiger partial charge is 0.137 e. The third-order valence-electron chi connectivity index (χ3n) is 5.23. The van der Waals surface area contributed by atoms with Crippen LogP contribution >= 0.6 is 11.6 Å². The maximum atomic E-state index is 11.5. The van der Waals surface area contributed by atoms with Gasteiger partial charge in [-0.3, -0.25) is 4.68 Å². The second-order valence-corrected chi connectivity index (χ2v) is 7.40. The highest BCUT2D eigenvalue weighted by molar-refractivity contribution is 6.30. The monoisotopic (exact) mass is 319 g/mol. The van der Waals surface area contributed by atoms with E-state index in [9.17, 15) is 5.11 Å². The zero-order valence-electron chi connectivity index (χ0n) is 13.0. The van der Waals surface area contributed by atoms with Gasteiger partial charge >= 0.3 is 0 Å². The fourth-order valence-electron chi connectivity index (χ4n) is 3.62. The maximum Gasteiger partial charge on any atom is 0.137 e. The van der Waals surface area contributed by atoms with E-state index in [0.717, 1.165) is 24.3 Å². The second-order valence-electron chi connectivity index (χ2n) is 6.97. The van der Waals surface area contributed by atoms with Crippen LogP contribution in [0.25, 0.3) is 0 Å². The van der Waals surface area contributed by atoms with Crippen molar-refractivity contribution in [3.63, 3.8) is 0 Å². The van der Waals surface area contributed by atoms with Crippen molar-refractivity contribution >= 4 is 11.6 Å². The Morgan fingerprint density at radius 1 is 1.32 bits per heavy atom. The van der Waals surface area contributed by atoms with Gasteiger partial charge in [0, 0.05) is 5.02 Å². The van der Waals surface area contributed by atoms with Crippen LogP contribution in [0.4, 0.5) is 0 Å². The largest absolute Gasteiger partial charge is 0.387 e. The van der Waals surface area contributed by atoms with Crippen molar-refractivity contribution in [2.24, 2.45) is 11.3 Å². The van der Waals surface area contributed by atoms with Gasteiger partial charge in [0.15, 0.2) is 0 Å². The Bertz CT molecular complexity index is 624. The molecule has 0 saturated heterocycles. The molecular formula is C17H22ClN3O. The molecule has 1 heterocycles. The lowest BCUT2D eigenvalue weighted by Crippen LogP contribution is -2.49. The highest BCUT2D eigenvalue weighted by Crippen LogP contribution is 2.51. The summed E-state index contributed by atoms with van der Waals surface area (Å²) in [5, 5.41) is 16.4. The minimum Gasteiger partial charge on any atom is -0.387 e. The standard InChI is InChI=1S/C17H22ClN3O/c1-16(2)8-7-14(9-13-3-5-15(18)6-4-13)17(16,22)10-21-12-19-11-20-21/h3-6,11-12,14,22H,7-10H2,1-2H3/t14?,17-/m1/s1. The molecule has 1 unspecified atom stereocenters. The minimum absolute atomic E-state index is 0.143. The average Bonchev–Trinajstić information content (AvgIpc) is 3.04. The molecule has 1 N–H and O–H groups in total. The second kappa shape index (κ2) is 5.67. The van der Waals surface area contributed by atoms with Crippen LogP contribution in [0.15, 0.2) is 36.9 Å². The highest BCUT2D eigenvalue weighted by Gasteiger charge is 2.54. The normalized spacial score (nSPS) is 27.2. The summed E-state index contributed by atoms with van der Waals surface area (Å²) in [6.45, 7) is 4.77. The Balaban J connectivity index is 1.84. The molecule has 3 rings (SSSR count). The summed E-state index contributed by atoms with van der Waals surface area (Å²) >= 11 is 5.96. The number of halogens is 1. The van der Waals surface area contributed by atoms with E-state index in [2.05, 4.69) is 23.9 Å². The molecule has 1 aromatic heterocycles. The van der Waals surface area contributed by atoms with Crippen molar-refractivity contribution in [1.29, 1.82) is 0 Å². The van der Waals surface area contributed by atoms with Gasteiger partial charge in [-0.1, -0.05) is 37.6 Å². The Labute approximate surface area is 136 Å². The summed E-state index contributed by atoms with van der Waals surface area (Å²) in [7, 11) is 0. The minimum atomic E-state index is -0.791. The van der Waals surface area contributed by atoms with Crippen LogP contribution in [0.1, 0.15) is 32.3 Å². The molecule has 0 radical (unpaired) electrons. The highest BCUT2D eigenvalue weighted by atomic mass is 35.5. The molecule has 0 amide bonds. The zero-order valence-corrected chi connectivity index (χ0v) is 13.8. The Hall–Kier alpha value is -1.39. The molecule has 0 spiro atoms. The molecule has 2 atom stereocenters. The molecule has 1 saturated carbocycles. The van der Waals surface area contributed by atoms with E-state index in [1.165, 1.54) is 11.9 Å². The Morgan fingerprint density at radius 2 is 2.05 bits per heavy atom. The van der Waals surface area contributed by atoms with Crippen molar-refractivity contribution in [3.05, 3.63) is 47.5 Å². The molecule has 1 aromatic carbocycles. The summed E-state index contributed by atoms with van der Waals surface area (Å²) in [5.41, 5.74) is 0.278. The van der Waals surface area contributed by atoms with E-state index in [-0.39, 0.29) is 11.3 Å². The lowest BCUT2D eigenvalue weighted by molar-refractivity contribution is -0.0907. The van der Waals surface area contributed by atoms with Gasteiger partial charge in [-0.05, 0) is 48.3 Å². The third-order valence-corrected chi connectivity index (χ3v) is 5.48. The number of benzene rings is 1. The lowest BCUT2D eigenvalue weighted by atomic mass is 9.72. The van der Waals surface area contributed by atoms with E-state index < -0.39 is 5.60 Å². The summed E-state index contributed by atoms with van der Waals surface area (Å²) in [6, 6.07) is 7.91. The van der Waals surface area contributed by atoms with Gasteiger partial charge in [0.1, 0.15) is 12.7 Å². The van der Waals surface area contributed by atoms with Crippen LogP contribution in [0.2, 0.25) is 5.02 Å². The van der Waals surface area contributed by atoms with E-state index in [1.807, 2.05) is 24.3 Å². The SMILES string of the molecule is CC1(C)CCC(Cc2ccc(Cl)cc2)[C@]1(O)Cn1cncn1. The van der Waals surface area contributed by atoms with Gasteiger partial charge < -0.3 is 5.11 Å². The molecule has 1 aliphatic carbocycles. The fourth-order valence-corrected chi connectivity index (χ4v) is 3.75. The summed E-state index contributed by atoms with van der Waals surface area (Å²) in [6.07, 6.45) is 6.06. The maximum absolute atomic E-state index is 11.5. The first-order valence-corrected chi connectivity index (χ1v) is 8.08. The Kier molecular flexibility index (Phi) is 4.00. The quantitative estimate of drug-likeness (QED) is 0.940. The summed E-state index contributed by atoms with van der Waals surface area (Å²) in [5.74, 6) is 0.202. The number of nitrogens with zero attached hydrogens (tertiary/aromatic N) is 3. The van der Waals surface area contributed by atoms with Gasteiger partial charge in [0.2, 0.25) is 0 Å². The predicted octanol–water partition coefficient (Wildman–Crippen LogP) is 3.34. The first-order chi connectivity index (χ1) is 10.4. The molecule has 4 nitrogen and oxygen atoms in total. The number of aliphatic hydroxyl groups is 1. The van der Waals surface area contributed by atoms with Crippen molar-refractivity contribution in [2.75, 3.05) is 0 Å². The van der Waals surface area contributed by atoms with Gasteiger partial charge in [-0.15, -0.1) is 0 Å². The molecule has 22 heavy (non-hydrogen) atoms. The van der Waals surface area contributed by atoms with Crippen molar-refractivity contribution in [3.8, 4) is 0 Å². The van der Waals surface area contributed by atoms with E-state index >= 15 is 0 Å². The topological polar surface area (TPSA) is 50.9 Å². The molecule has 5 heteroatoms. The molecule has 1 aliphatic rings. The van der Waals surface area contributed by atoms with Crippen LogP contribution in [0, 0.1) is 11.3 Å². The van der Waals surface area contributed by atoms with E-state index in [0.29, 0.717) is 6.54 Å². The molecular weight excluding hydrogens is 298 g/mol. The summed E-state index contributed by atoms with van der Waals surface area (Å²) < 4.78 is 1.74. The van der Waals surface area contributed by atoms with Gasteiger partial charge in [-0.2, -0.15) is 5.10 Å². The molecule has 118 valence electrons. The third kappa shape index (κ3) is 2.77. The van der Waals surface area contributed by atoms with Crippen LogP contribution in [0.5, 0.6) is 0 Å². The van der Waals surface area contributed by atoms with Gasteiger partial charge in [0.05, 0.1) is 12.1 Å². The Morgan fingerprint density at radius 3 is 2.68 bits per heavy atom.